The topological polar surface area (TPSA) is 52.0 Å². The number of halogens is 1. The maximum Gasteiger partial charge on any atom is 0.200 e. The van der Waals surface area contributed by atoms with Gasteiger partial charge < -0.3 is 4.57 Å². The lowest BCUT2D eigenvalue weighted by Gasteiger charge is -2.14. The van der Waals surface area contributed by atoms with Crippen molar-refractivity contribution in [2.45, 2.75) is 13.5 Å². The van der Waals surface area contributed by atoms with Crippen LogP contribution in [-0.2, 0) is 6.54 Å². The highest BCUT2D eigenvalue weighted by molar-refractivity contribution is 6.29. The van der Waals surface area contributed by atoms with Crippen molar-refractivity contribution in [3.63, 3.8) is 0 Å². The molecular formula is C23H17ClN2O2. The SMILES string of the molecule is Cc1cccc(Cn2cc(C(=O)c3ccc(Cl)nc3)c(=O)c3ccccc32)c1. The number of benzene rings is 2. The van der Waals surface area contributed by atoms with Crippen LogP contribution in [0.5, 0.6) is 0 Å². The summed E-state index contributed by atoms with van der Waals surface area (Å²) < 4.78 is 1.95. The molecule has 0 spiro atoms. The first-order valence-electron chi connectivity index (χ1n) is 8.87. The fourth-order valence-electron chi connectivity index (χ4n) is 3.31. The minimum atomic E-state index is -0.363. The summed E-state index contributed by atoms with van der Waals surface area (Å²) in [6.07, 6.45) is 3.04. The number of hydrogen-bond acceptors (Lipinski definition) is 3. The Hall–Kier alpha value is -3.24. The van der Waals surface area contributed by atoms with Crippen LogP contribution in [0.2, 0.25) is 5.15 Å². The Bertz CT molecular complexity index is 1240. The molecule has 0 unspecified atom stereocenters. The van der Waals surface area contributed by atoms with E-state index >= 15 is 0 Å². The molecule has 0 saturated heterocycles. The van der Waals surface area contributed by atoms with Gasteiger partial charge in [-0.25, -0.2) is 4.98 Å². The number of carbonyl (C=O) groups excluding carboxylic acids is 1. The molecule has 28 heavy (non-hydrogen) atoms. The lowest BCUT2D eigenvalue weighted by atomic mass is 10.0. The minimum Gasteiger partial charge on any atom is -0.342 e. The first-order valence-corrected chi connectivity index (χ1v) is 9.25. The van der Waals surface area contributed by atoms with Crippen LogP contribution in [0, 0.1) is 6.92 Å². The number of hydrogen-bond donors (Lipinski definition) is 0. The Kier molecular flexibility index (Phi) is 4.80. The van der Waals surface area contributed by atoms with Gasteiger partial charge in [0.2, 0.25) is 5.43 Å². The Morgan fingerprint density at radius 3 is 2.64 bits per heavy atom. The molecule has 138 valence electrons. The molecule has 4 nitrogen and oxygen atoms in total. The number of nitrogens with zero attached hydrogens (tertiary/aromatic N) is 2. The first-order chi connectivity index (χ1) is 13.5. The Labute approximate surface area is 167 Å². The largest absolute Gasteiger partial charge is 0.342 e. The first kappa shape index (κ1) is 18.1. The van der Waals surface area contributed by atoms with E-state index in [0.717, 1.165) is 16.6 Å². The Balaban J connectivity index is 1.87. The second kappa shape index (κ2) is 7.41. The van der Waals surface area contributed by atoms with Crippen LogP contribution in [0.15, 0.2) is 77.9 Å². The van der Waals surface area contributed by atoms with Crippen LogP contribution in [-0.4, -0.2) is 15.3 Å². The summed E-state index contributed by atoms with van der Waals surface area (Å²) >= 11 is 5.81. The molecule has 0 radical (unpaired) electrons. The maximum absolute atomic E-state index is 13.0. The number of ketones is 1. The molecule has 0 aliphatic rings. The van der Waals surface area contributed by atoms with Gasteiger partial charge in [0.05, 0.1) is 11.1 Å². The number of aromatic nitrogens is 2. The van der Waals surface area contributed by atoms with Crippen molar-refractivity contribution in [1.82, 2.24) is 9.55 Å². The molecule has 0 N–H and O–H groups in total. The van der Waals surface area contributed by atoms with Gasteiger partial charge in [-0.05, 0) is 36.8 Å². The van der Waals surface area contributed by atoms with Gasteiger partial charge in [-0.1, -0.05) is 53.6 Å². The lowest BCUT2D eigenvalue weighted by molar-refractivity contribution is 0.103. The third-order valence-corrected chi connectivity index (χ3v) is 4.88. The van der Waals surface area contributed by atoms with Gasteiger partial charge in [-0.15, -0.1) is 0 Å². The van der Waals surface area contributed by atoms with E-state index in [-0.39, 0.29) is 16.8 Å². The fourth-order valence-corrected chi connectivity index (χ4v) is 3.42. The number of fused-ring (bicyclic) bond motifs is 1. The number of rotatable bonds is 4. The van der Waals surface area contributed by atoms with Crippen LogP contribution >= 0.6 is 11.6 Å². The summed E-state index contributed by atoms with van der Waals surface area (Å²) in [4.78, 5) is 29.9. The summed E-state index contributed by atoms with van der Waals surface area (Å²) in [7, 11) is 0. The van der Waals surface area contributed by atoms with Crippen molar-refractivity contribution in [1.29, 1.82) is 0 Å². The van der Waals surface area contributed by atoms with Crippen LogP contribution in [0.25, 0.3) is 10.9 Å². The molecule has 0 bridgehead atoms. The van der Waals surface area contributed by atoms with Crippen LogP contribution in [0.1, 0.15) is 27.0 Å². The second-order valence-corrected chi connectivity index (χ2v) is 7.09. The quantitative estimate of drug-likeness (QED) is 0.378. The van der Waals surface area contributed by atoms with Gasteiger partial charge in [0.1, 0.15) is 5.15 Å². The zero-order valence-electron chi connectivity index (χ0n) is 15.2. The number of pyridine rings is 2. The van der Waals surface area contributed by atoms with E-state index in [4.69, 9.17) is 11.6 Å². The third-order valence-electron chi connectivity index (χ3n) is 4.66. The molecule has 0 fully saturated rings. The van der Waals surface area contributed by atoms with E-state index in [9.17, 15) is 9.59 Å². The van der Waals surface area contributed by atoms with Crippen LogP contribution in [0.3, 0.4) is 0 Å². The lowest BCUT2D eigenvalue weighted by Crippen LogP contribution is -2.20. The summed E-state index contributed by atoms with van der Waals surface area (Å²) in [5, 5.41) is 0.815. The van der Waals surface area contributed by atoms with Crippen molar-refractivity contribution >= 4 is 28.3 Å². The van der Waals surface area contributed by atoms with Crippen molar-refractivity contribution in [3.05, 3.63) is 111 Å². The van der Waals surface area contributed by atoms with Gasteiger partial charge in [0.25, 0.3) is 0 Å². The van der Waals surface area contributed by atoms with Gasteiger partial charge in [0, 0.05) is 29.9 Å². The highest BCUT2D eigenvalue weighted by atomic mass is 35.5. The van der Waals surface area contributed by atoms with Crippen molar-refractivity contribution < 1.29 is 4.79 Å². The smallest absolute Gasteiger partial charge is 0.200 e. The Morgan fingerprint density at radius 1 is 1.07 bits per heavy atom. The number of carbonyl (C=O) groups is 1. The van der Waals surface area contributed by atoms with Crippen molar-refractivity contribution in [3.8, 4) is 0 Å². The fraction of sp³-hybridized carbons (Fsp3) is 0.0870. The van der Waals surface area contributed by atoms with Crippen molar-refractivity contribution in [2.24, 2.45) is 0 Å². The van der Waals surface area contributed by atoms with Gasteiger partial charge in [0.15, 0.2) is 5.78 Å². The Morgan fingerprint density at radius 2 is 1.89 bits per heavy atom. The van der Waals surface area contributed by atoms with E-state index in [1.54, 1.807) is 30.5 Å². The molecule has 0 saturated carbocycles. The molecule has 0 atom stereocenters. The maximum atomic E-state index is 13.0. The molecule has 0 aliphatic carbocycles. The zero-order chi connectivity index (χ0) is 19.7. The van der Waals surface area contributed by atoms with E-state index in [2.05, 4.69) is 11.1 Å². The monoisotopic (exact) mass is 388 g/mol. The molecule has 0 amide bonds. The molecule has 0 aliphatic heterocycles. The number of para-hydroxylation sites is 1. The van der Waals surface area contributed by atoms with Crippen LogP contribution < -0.4 is 5.43 Å². The summed E-state index contributed by atoms with van der Waals surface area (Å²) in [5.74, 6) is -0.363. The molecule has 4 rings (SSSR count). The van der Waals surface area contributed by atoms with E-state index in [1.165, 1.54) is 6.20 Å². The highest BCUT2D eigenvalue weighted by Crippen LogP contribution is 2.17. The summed E-state index contributed by atoms with van der Waals surface area (Å²) in [6.45, 7) is 2.59. The van der Waals surface area contributed by atoms with Crippen molar-refractivity contribution in [2.75, 3.05) is 0 Å². The third kappa shape index (κ3) is 3.47. The van der Waals surface area contributed by atoms with E-state index in [1.807, 2.05) is 41.8 Å². The molecule has 2 aromatic heterocycles. The zero-order valence-corrected chi connectivity index (χ0v) is 16.0. The molecule has 2 heterocycles. The summed E-state index contributed by atoms with van der Waals surface area (Å²) in [6, 6.07) is 18.6. The average Bonchev–Trinajstić information content (AvgIpc) is 2.70. The van der Waals surface area contributed by atoms with Gasteiger partial charge in [-0.3, -0.25) is 9.59 Å². The average molecular weight is 389 g/mol. The molecular weight excluding hydrogens is 372 g/mol. The van der Waals surface area contributed by atoms with Crippen LogP contribution in [0.4, 0.5) is 0 Å². The van der Waals surface area contributed by atoms with Gasteiger partial charge >= 0.3 is 0 Å². The molecule has 4 aromatic rings. The van der Waals surface area contributed by atoms with Gasteiger partial charge in [-0.2, -0.15) is 0 Å². The minimum absolute atomic E-state index is 0.121. The summed E-state index contributed by atoms with van der Waals surface area (Å²) in [5.41, 5.74) is 3.22. The highest BCUT2D eigenvalue weighted by Gasteiger charge is 2.17. The van der Waals surface area contributed by atoms with E-state index in [0.29, 0.717) is 22.6 Å². The number of aryl methyl sites for hydroxylation is 1. The normalized spacial score (nSPS) is 10.9. The predicted octanol–water partition coefficient (Wildman–Crippen LogP) is 4.64. The second-order valence-electron chi connectivity index (χ2n) is 6.70. The molecule has 5 heteroatoms. The standard InChI is InChI=1S/C23H17ClN2O2/c1-15-5-4-6-16(11-15)13-26-14-19(22(27)17-9-10-21(24)25-12-17)23(28)18-7-2-3-8-20(18)26/h2-12,14H,13H2,1H3. The predicted molar refractivity (Wildman–Crippen MR) is 111 cm³/mol. The van der Waals surface area contributed by atoms with E-state index < -0.39 is 0 Å². The molecule has 2 aromatic carbocycles.